The van der Waals surface area contributed by atoms with Gasteiger partial charge < -0.3 is 9.84 Å². The van der Waals surface area contributed by atoms with Gasteiger partial charge in [0.25, 0.3) is 0 Å². The molecule has 0 spiro atoms. The van der Waals surface area contributed by atoms with Gasteiger partial charge in [-0.15, -0.1) is 0 Å². The molecule has 0 aliphatic heterocycles. The molecule has 0 aliphatic carbocycles. The highest BCUT2D eigenvalue weighted by molar-refractivity contribution is 5.77. The Labute approximate surface area is 118 Å². The summed E-state index contributed by atoms with van der Waals surface area (Å²) in [6, 6.07) is 0. The molecule has 0 aromatic rings. The lowest BCUT2D eigenvalue weighted by Crippen LogP contribution is -2.44. The first kappa shape index (κ1) is 18.4. The van der Waals surface area contributed by atoms with E-state index in [0.717, 1.165) is 12.8 Å². The number of unbranched alkanes of at least 4 members (excludes halogenated alkanes) is 1. The molecule has 0 amide bonds. The third kappa shape index (κ3) is 5.94. The summed E-state index contributed by atoms with van der Waals surface area (Å²) < 4.78 is 5.43. The molecular formula is C16H32O3. The van der Waals surface area contributed by atoms with Crippen LogP contribution in [0.25, 0.3) is 0 Å². The topological polar surface area (TPSA) is 46.5 Å². The van der Waals surface area contributed by atoms with Crippen molar-refractivity contribution in [1.82, 2.24) is 0 Å². The van der Waals surface area contributed by atoms with Gasteiger partial charge in [-0.1, -0.05) is 41.5 Å². The Morgan fingerprint density at radius 2 is 1.53 bits per heavy atom. The third-order valence-corrected chi connectivity index (χ3v) is 3.78. The molecule has 0 radical (unpaired) electrons. The molecule has 1 N–H and O–H groups in total. The van der Waals surface area contributed by atoms with Gasteiger partial charge in [0, 0.05) is 6.61 Å². The van der Waals surface area contributed by atoms with E-state index in [-0.39, 0.29) is 23.4 Å². The van der Waals surface area contributed by atoms with Crippen molar-refractivity contribution in [2.24, 2.45) is 16.2 Å². The van der Waals surface area contributed by atoms with Crippen molar-refractivity contribution < 1.29 is 14.6 Å². The van der Waals surface area contributed by atoms with E-state index in [0.29, 0.717) is 13.0 Å². The van der Waals surface area contributed by atoms with Crippen LogP contribution in [0.2, 0.25) is 0 Å². The molecule has 1 unspecified atom stereocenters. The summed E-state index contributed by atoms with van der Waals surface area (Å²) in [4.78, 5) is 12.5. The van der Waals surface area contributed by atoms with Crippen LogP contribution >= 0.6 is 0 Å². The fraction of sp³-hybridized carbons (Fsp3) is 0.938. The quantitative estimate of drug-likeness (QED) is 0.591. The number of hydrogen-bond donors (Lipinski definition) is 1. The molecule has 0 fully saturated rings. The minimum atomic E-state index is -0.496. The summed E-state index contributed by atoms with van der Waals surface area (Å²) >= 11 is 0. The number of hydrogen-bond acceptors (Lipinski definition) is 3. The van der Waals surface area contributed by atoms with Crippen LogP contribution in [0.5, 0.6) is 0 Å². The van der Waals surface area contributed by atoms with Crippen LogP contribution in [0.1, 0.15) is 67.7 Å². The maximum absolute atomic E-state index is 12.5. The number of carbonyl (C=O) groups excluding carboxylic acids is 1. The number of ether oxygens (including phenoxy) is 1. The molecule has 114 valence electrons. The van der Waals surface area contributed by atoms with Crippen LogP contribution in [-0.2, 0) is 9.53 Å². The summed E-state index contributed by atoms with van der Waals surface area (Å²) in [6.07, 6.45) is 2.19. The van der Waals surface area contributed by atoms with Gasteiger partial charge in [0.05, 0.1) is 12.0 Å². The first-order valence-electron chi connectivity index (χ1n) is 7.22. The van der Waals surface area contributed by atoms with Crippen molar-refractivity contribution in [3.63, 3.8) is 0 Å². The van der Waals surface area contributed by atoms with E-state index in [9.17, 15) is 4.79 Å². The largest absolute Gasteiger partial charge is 0.465 e. The summed E-state index contributed by atoms with van der Waals surface area (Å²) in [7, 11) is 0. The second-order valence-corrected chi connectivity index (χ2v) is 7.89. The molecule has 0 aliphatic rings. The second-order valence-electron chi connectivity index (χ2n) is 7.89. The van der Waals surface area contributed by atoms with Gasteiger partial charge in [-0.05, 0) is 37.0 Å². The molecule has 19 heavy (non-hydrogen) atoms. The molecule has 0 heterocycles. The van der Waals surface area contributed by atoms with Gasteiger partial charge in [-0.2, -0.15) is 0 Å². The van der Waals surface area contributed by atoms with E-state index < -0.39 is 5.41 Å². The van der Waals surface area contributed by atoms with Crippen LogP contribution in [0.15, 0.2) is 0 Å². The van der Waals surface area contributed by atoms with Crippen molar-refractivity contribution in [3.8, 4) is 0 Å². The molecular weight excluding hydrogens is 240 g/mol. The Morgan fingerprint density at radius 3 is 1.89 bits per heavy atom. The molecule has 0 aromatic heterocycles. The zero-order chi connectivity index (χ0) is 15.3. The summed E-state index contributed by atoms with van der Waals surface area (Å²) in [5.41, 5.74) is -0.565. The van der Waals surface area contributed by atoms with Gasteiger partial charge in [0.15, 0.2) is 0 Å². The van der Waals surface area contributed by atoms with E-state index in [1.165, 1.54) is 0 Å². The van der Waals surface area contributed by atoms with Gasteiger partial charge in [0.2, 0.25) is 0 Å². The highest BCUT2D eigenvalue weighted by atomic mass is 16.5. The van der Waals surface area contributed by atoms with Crippen LogP contribution in [0.3, 0.4) is 0 Å². The Morgan fingerprint density at radius 1 is 1.00 bits per heavy atom. The average Bonchev–Trinajstić information content (AvgIpc) is 2.20. The first-order chi connectivity index (χ1) is 8.44. The lowest BCUT2D eigenvalue weighted by molar-refractivity contribution is -0.165. The lowest BCUT2D eigenvalue weighted by atomic mass is 9.61. The average molecular weight is 272 g/mol. The van der Waals surface area contributed by atoms with Crippen LogP contribution in [0, 0.1) is 16.2 Å². The standard InChI is InChI=1S/C16H32O3/c1-14(2,3)12-16(7,15(4,5)6)13(18)19-11-9-8-10-17/h17H,8-12H2,1-7H3. The maximum atomic E-state index is 12.5. The van der Waals surface area contributed by atoms with Gasteiger partial charge in [0.1, 0.15) is 0 Å². The molecule has 3 heteroatoms. The molecule has 3 nitrogen and oxygen atoms in total. The zero-order valence-corrected chi connectivity index (χ0v) is 13.8. The Bertz CT molecular complexity index is 283. The zero-order valence-electron chi connectivity index (χ0n) is 13.8. The van der Waals surface area contributed by atoms with Crippen LogP contribution < -0.4 is 0 Å². The fourth-order valence-electron chi connectivity index (χ4n) is 2.24. The molecule has 0 rings (SSSR count). The maximum Gasteiger partial charge on any atom is 0.312 e. The van der Waals surface area contributed by atoms with Gasteiger partial charge >= 0.3 is 5.97 Å². The number of carbonyl (C=O) groups is 1. The minimum Gasteiger partial charge on any atom is -0.465 e. The number of aliphatic hydroxyl groups excluding tert-OH is 1. The van der Waals surface area contributed by atoms with Crippen molar-refractivity contribution in [1.29, 1.82) is 0 Å². The number of aliphatic hydroxyl groups is 1. The molecule has 0 bridgehead atoms. The Balaban J connectivity index is 4.81. The molecule has 0 saturated carbocycles. The minimum absolute atomic E-state index is 0.0755. The summed E-state index contributed by atoms with van der Waals surface area (Å²) in [5.74, 6) is -0.118. The Hall–Kier alpha value is -0.570. The third-order valence-electron chi connectivity index (χ3n) is 3.78. The lowest BCUT2D eigenvalue weighted by Gasteiger charge is -2.43. The summed E-state index contributed by atoms with van der Waals surface area (Å²) in [5, 5.41) is 8.73. The number of esters is 1. The molecule has 0 aromatic carbocycles. The van der Waals surface area contributed by atoms with Gasteiger partial charge in [-0.3, -0.25) is 4.79 Å². The van der Waals surface area contributed by atoms with E-state index in [1.54, 1.807) is 0 Å². The number of rotatable bonds is 6. The SMILES string of the molecule is CC(C)(C)CC(C)(C(=O)OCCCCO)C(C)(C)C. The van der Waals surface area contributed by atoms with Crippen LogP contribution in [-0.4, -0.2) is 24.3 Å². The monoisotopic (exact) mass is 272 g/mol. The molecule has 1 atom stereocenters. The van der Waals surface area contributed by atoms with E-state index in [2.05, 4.69) is 41.5 Å². The molecule has 0 saturated heterocycles. The predicted octanol–water partition coefficient (Wildman–Crippen LogP) is 3.79. The first-order valence-corrected chi connectivity index (χ1v) is 7.22. The second kappa shape index (κ2) is 6.74. The fourth-order valence-corrected chi connectivity index (χ4v) is 2.24. The Kier molecular flexibility index (Phi) is 6.53. The van der Waals surface area contributed by atoms with Crippen molar-refractivity contribution >= 4 is 5.97 Å². The van der Waals surface area contributed by atoms with E-state index in [4.69, 9.17) is 9.84 Å². The highest BCUT2D eigenvalue weighted by Gasteiger charge is 2.47. The van der Waals surface area contributed by atoms with E-state index >= 15 is 0 Å². The normalized spacial score (nSPS) is 16.0. The highest BCUT2D eigenvalue weighted by Crippen LogP contribution is 2.47. The van der Waals surface area contributed by atoms with Crippen molar-refractivity contribution in [3.05, 3.63) is 0 Å². The summed E-state index contributed by atoms with van der Waals surface area (Å²) in [6.45, 7) is 15.3. The van der Waals surface area contributed by atoms with Gasteiger partial charge in [-0.25, -0.2) is 0 Å². The van der Waals surface area contributed by atoms with Crippen molar-refractivity contribution in [2.75, 3.05) is 13.2 Å². The predicted molar refractivity (Wildman–Crippen MR) is 78.9 cm³/mol. The van der Waals surface area contributed by atoms with Crippen LogP contribution in [0.4, 0.5) is 0 Å². The smallest absolute Gasteiger partial charge is 0.312 e. The van der Waals surface area contributed by atoms with E-state index in [1.807, 2.05) is 6.92 Å². The van der Waals surface area contributed by atoms with Crippen molar-refractivity contribution in [2.45, 2.75) is 67.7 Å².